The summed E-state index contributed by atoms with van der Waals surface area (Å²) in [5, 5.41) is 5.70. The Kier molecular flexibility index (Phi) is 5.46. The van der Waals surface area contributed by atoms with E-state index in [2.05, 4.69) is 10.6 Å². The number of benzene rings is 1. The van der Waals surface area contributed by atoms with Crippen LogP contribution in [0.3, 0.4) is 0 Å². The second kappa shape index (κ2) is 7.95. The lowest BCUT2D eigenvalue weighted by Crippen LogP contribution is -2.38. The lowest BCUT2D eigenvalue weighted by molar-refractivity contribution is -0.121. The average Bonchev–Trinajstić information content (AvgIpc) is 3.13. The lowest BCUT2D eigenvalue weighted by atomic mass is 10.1. The number of furan rings is 1. The molecule has 1 aliphatic heterocycles. The molecule has 1 aromatic carbocycles. The van der Waals surface area contributed by atoms with Crippen molar-refractivity contribution in [2.75, 3.05) is 23.4 Å². The molecule has 2 N–H and O–H groups in total. The maximum absolute atomic E-state index is 12.2. The number of aryl methyl sites for hydroxylation is 1. The molecule has 26 heavy (non-hydrogen) atoms. The first-order valence-electron chi connectivity index (χ1n) is 8.74. The van der Waals surface area contributed by atoms with Gasteiger partial charge in [0.1, 0.15) is 11.5 Å². The highest BCUT2D eigenvalue weighted by molar-refractivity contribution is 5.98. The number of urea groups is 1. The first-order valence-corrected chi connectivity index (χ1v) is 8.74. The van der Waals surface area contributed by atoms with Gasteiger partial charge in [0.05, 0.1) is 12.0 Å². The Bertz CT molecular complexity index is 773. The van der Waals surface area contributed by atoms with Crippen molar-refractivity contribution in [2.24, 2.45) is 0 Å². The van der Waals surface area contributed by atoms with Crippen molar-refractivity contribution >= 4 is 23.3 Å². The van der Waals surface area contributed by atoms with Gasteiger partial charge in [-0.05, 0) is 44.5 Å². The zero-order valence-corrected chi connectivity index (χ0v) is 15.0. The number of hydrogen-bond donors (Lipinski definition) is 2. The Morgan fingerprint density at radius 2 is 2.19 bits per heavy atom. The average molecular weight is 357 g/mol. The molecule has 7 heteroatoms. The molecule has 0 aliphatic carbocycles. The van der Waals surface area contributed by atoms with E-state index >= 15 is 0 Å². The molecule has 138 valence electrons. The van der Waals surface area contributed by atoms with Gasteiger partial charge in [-0.25, -0.2) is 4.79 Å². The molecule has 1 aromatic heterocycles. The molecule has 0 bridgehead atoms. The van der Waals surface area contributed by atoms with Gasteiger partial charge in [-0.3, -0.25) is 4.79 Å². The van der Waals surface area contributed by atoms with Crippen LogP contribution in [0.5, 0.6) is 5.75 Å². The Balaban J connectivity index is 1.55. The molecule has 3 amide bonds. The Labute approximate surface area is 152 Å². The highest BCUT2D eigenvalue weighted by Gasteiger charge is 2.24. The van der Waals surface area contributed by atoms with Crippen molar-refractivity contribution in [3.05, 3.63) is 42.4 Å². The van der Waals surface area contributed by atoms with Crippen molar-refractivity contribution in [3.8, 4) is 5.75 Å². The summed E-state index contributed by atoms with van der Waals surface area (Å²) < 4.78 is 10.8. The topological polar surface area (TPSA) is 83.8 Å². The van der Waals surface area contributed by atoms with Crippen LogP contribution >= 0.6 is 0 Å². The van der Waals surface area contributed by atoms with Crippen LogP contribution < -0.4 is 20.3 Å². The SMILES string of the molecule is CCN1C(=O)COc2cc(NC(=O)N[C@H](C)CCc3ccco3)ccc21. The minimum Gasteiger partial charge on any atom is -0.481 e. The van der Waals surface area contributed by atoms with Crippen molar-refractivity contribution in [1.29, 1.82) is 0 Å². The van der Waals surface area contributed by atoms with E-state index in [1.54, 1.807) is 29.4 Å². The molecular formula is C19H23N3O4. The fraction of sp³-hybridized carbons (Fsp3) is 0.368. The summed E-state index contributed by atoms with van der Waals surface area (Å²) in [6.07, 6.45) is 3.19. The molecule has 0 fully saturated rings. The number of likely N-dealkylation sites (N-methyl/N-ethyl adjacent to an activating group) is 1. The zero-order chi connectivity index (χ0) is 18.5. The standard InChI is InChI=1S/C19H23N3O4/c1-3-22-16-9-7-14(11-17(16)26-12-18(22)23)21-19(24)20-13(2)6-8-15-5-4-10-25-15/h4-5,7,9-11,13H,3,6,8,12H2,1-2H3,(H2,20,21,24)/t13-/m1/s1. The van der Waals surface area contributed by atoms with E-state index in [0.717, 1.165) is 24.3 Å². The van der Waals surface area contributed by atoms with Gasteiger partial charge in [-0.1, -0.05) is 0 Å². The fourth-order valence-electron chi connectivity index (χ4n) is 2.91. The quantitative estimate of drug-likeness (QED) is 0.832. The molecule has 0 saturated heterocycles. The van der Waals surface area contributed by atoms with Crippen LogP contribution in [0.25, 0.3) is 0 Å². The highest BCUT2D eigenvalue weighted by Crippen LogP contribution is 2.34. The van der Waals surface area contributed by atoms with Crippen molar-refractivity contribution in [3.63, 3.8) is 0 Å². The number of fused-ring (bicyclic) bond motifs is 1. The number of carbonyl (C=O) groups is 2. The van der Waals surface area contributed by atoms with Crippen molar-refractivity contribution in [1.82, 2.24) is 5.32 Å². The van der Waals surface area contributed by atoms with Gasteiger partial charge < -0.3 is 24.7 Å². The monoisotopic (exact) mass is 357 g/mol. The molecule has 3 rings (SSSR count). The summed E-state index contributed by atoms with van der Waals surface area (Å²) >= 11 is 0. The fourth-order valence-corrected chi connectivity index (χ4v) is 2.91. The summed E-state index contributed by atoms with van der Waals surface area (Å²) in [6.45, 7) is 4.45. The predicted molar refractivity (Wildman–Crippen MR) is 98.6 cm³/mol. The first kappa shape index (κ1) is 17.8. The summed E-state index contributed by atoms with van der Waals surface area (Å²) in [7, 11) is 0. The van der Waals surface area contributed by atoms with Gasteiger partial charge in [-0.2, -0.15) is 0 Å². The Morgan fingerprint density at radius 1 is 1.35 bits per heavy atom. The van der Waals surface area contributed by atoms with E-state index in [-0.39, 0.29) is 24.6 Å². The van der Waals surface area contributed by atoms with Crippen molar-refractivity contribution in [2.45, 2.75) is 32.7 Å². The largest absolute Gasteiger partial charge is 0.481 e. The van der Waals surface area contributed by atoms with Crippen LogP contribution in [0, 0.1) is 0 Å². The molecule has 1 aliphatic rings. The molecule has 2 heterocycles. The van der Waals surface area contributed by atoms with Crippen LogP contribution in [0.1, 0.15) is 26.0 Å². The van der Waals surface area contributed by atoms with E-state index in [0.29, 0.717) is 18.0 Å². The van der Waals surface area contributed by atoms with Gasteiger partial charge in [0.25, 0.3) is 5.91 Å². The number of nitrogens with one attached hydrogen (secondary N) is 2. The molecule has 1 atom stereocenters. The number of nitrogens with zero attached hydrogens (tertiary/aromatic N) is 1. The zero-order valence-electron chi connectivity index (χ0n) is 15.0. The van der Waals surface area contributed by atoms with Gasteiger partial charge in [-0.15, -0.1) is 0 Å². The first-order chi connectivity index (χ1) is 12.6. The number of anilines is 2. The summed E-state index contributed by atoms with van der Waals surface area (Å²) in [5.74, 6) is 1.43. The van der Waals surface area contributed by atoms with Crippen molar-refractivity contribution < 1.29 is 18.7 Å². The molecule has 0 saturated carbocycles. The highest BCUT2D eigenvalue weighted by atomic mass is 16.5. The molecule has 0 radical (unpaired) electrons. The van der Waals surface area contributed by atoms with Gasteiger partial charge in [0.2, 0.25) is 0 Å². The van der Waals surface area contributed by atoms with Crippen LogP contribution in [-0.4, -0.2) is 31.1 Å². The Hall–Kier alpha value is -2.96. The second-order valence-electron chi connectivity index (χ2n) is 6.23. The summed E-state index contributed by atoms with van der Waals surface area (Å²) in [5.41, 5.74) is 1.34. The third kappa shape index (κ3) is 4.17. The summed E-state index contributed by atoms with van der Waals surface area (Å²) in [4.78, 5) is 25.7. The van der Waals surface area contributed by atoms with E-state index in [1.165, 1.54) is 0 Å². The second-order valence-corrected chi connectivity index (χ2v) is 6.23. The van der Waals surface area contributed by atoms with E-state index in [4.69, 9.17) is 9.15 Å². The molecule has 7 nitrogen and oxygen atoms in total. The van der Waals surface area contributed by atoms with Gasteiger partial charge in [0.15, 0.2) is 6.61 Å². The number of hydrogen-bond acceptors (Lipinski definition) is 4. The Morgan fingerprint density at radius 3 is 2.92 bits per heavy atom. The van der Waals surface area contributed by atoms with Crippen LogP contribution in [-0.2, 0) is 11.2 Å². The summed E-state index contributed by atoms with van der Waals surface area (Å²) in [6, 6.07) is 8.77. The third-order valence-electron chi connectivity index (χ3n) is 4.26. The number of ether oxygens (including phenoxy) is 1. The number of carbonyl (C=O) groups excluding carboxylic acids is 2. The third-order valence-corrected chi connectivity index (χ3v) is 4.26. The van der Waals surface area contributed by atoms with E-state index < -0.39 is 0 Å². The van der Waals surface area contributed by atoms with Crippen LogP contribution in [0.15, 0.2) is 41.0 Å². The maximum atomic E-state index is 12.2. The van der Waals surface area contributed by atoms with Crippen LogP contribution in [0.2, 0.25) is 0 Å². The maximum Gasteiger partial charge on any atom is 0.319 e. The number of rotatable bonds is 6. The van der Waals surface area contributed by atoms with E-state index in [1.807, 2.05) is 26.0 Å². The molecule has 0 spiro atoms. The minimum atomic E-state index is -0.281. The van der Waals surface area contributed by atoms with Gasteiger partial charge >= 0.3 is 6.03 Å². The number of amides is 3. The normalized spacial score (nSPS) is 14.4. The lowest BCUT2D eigenvalue weighted by Gasteiger charge is -2.28. The minimum absolute atomic E-state index is 0.00202. The van der Waals surface area contributed by atoms with Gasteiger partial charge in [0, 0.05) is 30.8 Å². The van der Waals surface area contributed by atoms with Crippen LogP contribution in [0.4, 0.5) is 16.2 Å². The van der Waals surface area contributed by atoms with E-state index in [9.17, 15) is 9.59 Å². The molecule has 0 unspecified atom stereocenters. The smallest absolute Gasteiger partial charge is 0.319 e. The molecule has 2 aromatic rings. The molecular weight excluding hydrogens is 334 g/mol. The predicted octanol–water partition coefficient (Wildman–Crippen LogP) is 3.17.